The van der Waals surface area contributed by atoms with Gasteiger partial charge in [0.25, 0.3) is 0 Å². The van der Waals surface area contributed by atoms with Gasteiger partial charge in [0, 0.05) is 17.8 Å². The molecule has 1 aromatic heterocycles. The molecule has 0 aliphatic heterocycles. The molecule has 160 valence electrons. The van der Waals surface area contributed by atoms with E-state index in [2.05, 4.69) is 56.5 Å². The molecule has 1 aliphatic rings. The summed E-state index contributed by atoms with van der Waals surface area (Å²) >= 11 is 0. The third kappa shape index (κ3) is 4.68. The summed E-state index contributed by atoms with van der Waals surface area (Å²) in [5.41, 5.74) is 5.29. The average molecular weight is 417 g/mol. The molecule has 6 nitrogen and oxygen atoms in total. The number of carbonyl (C=O) groups is 1. The summed E-state index contributed by atoms with van der Waals surface area (Å²) in [6.45, 7) is 8.31. The third-order valence-electron chi connectivity index (χ3n) is 5.38. The standard InChI is InChI=1S/C25H28N4O2/c1-15-10-16(2)12-18(11-15)26-23-22-20(13-25(3,4)14-21(22)30)28-24(29-23)27-17-6-8-19(31-5)9-7-17/h6-12H,13-14H2,1-5H3,(H2,26,27,28,29). The first-order valence-electron chi connectivity index (χ1n) is 10.4. The van der Waals surface area contributed by atoms with Crippen LogP contribution in [0.5, 0.6) is 5.75 Å². The van der Waals surface area contributed by atoms with Gasteiger partial charge < -0.3 is 15.4 Å². The highest BCUT2D eigenvalue weighted by Crippen LogP contribution is 2.38. The van der Waals surface area contributed by atoms with E-state index in [4.69, 9.17) is 14.7 Å². The molecule has 4 rings (SSSR count). The van der Waals surface area contributed by atoms with Gasteiger partial charge in [0.1, 0.15) is 11.6 Å². The molecule has 0 amide bonds. The van der Waals surface area contributed by atoms with Gasteiger partial charge in [0.15, 0.2) is 5.78 Å². The quantitative estimate of drug-likeness (QED) is 0.552. The largest absolute Gasteiger partial charge is 0.497 e. The van der Waals surface area contributed by atoms with Crippen molar-refractivity contribution in [3.63, 3.8) is 0 Å². The Morgan fingerprint density at radius 3 is 2.23 bits per heavy atom. The fourth-order valence-electron chi connectivity index (χ4n) is 4.10. The van der Waals surface area contributed by atoms with E-state index in [1.54, 1.807) is 7.11 Å². The maximum Gasteiger partial charge on any atom is 0.229 e. The molecule has 1 aliphatic carbocycles. The van der Waals surface area contributed by atoms with Crippen molar-refractivity contribution in [3.05, 3.63) is 64.8 Å². The Labute approximate surface area is 183 Å². The monoisotopic (exact) mass is 416 g/mol. The number of carbonyl (C=O) groups excluding carboxylic acids is 1. The second kappa shape index (κ2) is 8.02. The summed E-state index contributed by atoms with van der Waals surface area (Å²) in [4.78, 5) is 22.4. The number of aromatic nitrogens is 2. The smallest absolute Gasteiger partial charge is 0.229 e. The highest BCUT2D eigenvalue weighted by Gasteiger charge is 2.35. The number of ether oxygens (including phenoxy) is 1. The number of anilines is 4. The zero-order valence-corrected chi connectivity index (χ0v) is 18.7. The summed E-state index contributed by atoms with van der Waals surface area (Å²) < 4.78 is 5.23. The molecule has 0 saturated heterocycles. The third-order valence-corrected chi connectivity index (χ3v) is 5.38. The van der Waals surface area contributed by atoms with Crippen LogP contribution in [0, 0.1) is 19.3 Å². The van der Waals surface area contributed by atoms with E-state index < -0.39 is 0 Å². The van der Waals surface area contributed by atoms with Crippen LogP contribution in [0.4, 0.5) is 23.1 Å². The Kier molecular flexibility index (Phi) is 5.39. The minimum atomic E-state index is -0.132. The molecule has 6 heteroatoms. The van der Waals surface area contributed by atoms with E-state index in [1.807, 2.05) is 24.3 Å². The van der Waals surface area contributed by atoms with Crippen molar-refractivity contribution in [1.82, 2.24) is 9.97 Å². The number of hydrogen-bond acceptors (Lipinski definition) is 6. The molecule has 0 radical (unpaired) electrons. The van der Waals surface area contributed by atoms with Crippen LogP contribution < -0.4 is 15.4 Å². The molecule has 1 heterocycles. The van der Waals surface area contributed by atoms with Gasteiger partial charge in [0.2, 0.25) is 5.95 Å². The second-order valence-electron chi connectivity index (χ2n) is 9.01. The van der Waals surface area contributed by atoms with Gasteiger partial charge in [-0.05, 0) is 73.2 Å². The van der Waals surface area contributed by atoms with Crippen LogP contribution in [0.25, 0.3) is 0 Å². The molecular formula is C25H28N4O2. The molecule has 0 spiro atoms. The molecule has 2 aromatic carbocycles. The van der Waals surface area contributed by atoms with Crippen LogP contribution >= 0.6 is 0 Å². The lowest BCUT2D eigenvalue weighted by atomic mass is 9.75. The number of Topliss-reactive ketones (excluding diaryl/α,β-unsaturated/α-hetero) is 1. The lowest BCUT2D eigenvalue weighted by Crippen LogP contribution is -2.29. The lowest BCUT2D eigenvalue weighted by Gasteiger charge is -2.30. The predicted molar refractivity (Wildman–Crippen MR) is 124 cm³/mol. The number of aryl methyl sites for hydroxylation is 2. The number of ketones is 1. The average Bonchev–Trinajstić information content (AvgIpc) is 2.66. The fraction of sp³-hybridized carbons (Fsp3) is 0.320. The molecule has 0 fully saturated rings. The van der Waals surface area contributed by atoms with Crippen molar-refractivity contribution in [3.8, 4) is 5.75 Å². The zero-order chi connectivity index (χ0) is 22.2. The van der Waals surface area contributed by atoms with Crippen molar-refractivity contribution < 1.29 is 9.53 Å². The van der Waals surface area contributed by atoms with Crippen LogP contribution in [0.1, 0.15) is 47.4 Å². The normalized spacial score (nSPS) is 14.7. The van der Waals surface area contributed by atoms with E-state index in [1.165, 1.54) is 0 Å². The zero-order valence-electron chi connectivity index (χ0n) is 18.7. The maximum atomic E-state index is 13.0. The summed E-state index contributed by atoms with van der Waals surface area (Å²) in [5, 5.41) is 6.65. The van der Waals surface area contributed by atoms with Crippen LogP contribution in [0.3, 0.4) is 0 Å². The summed E-state index contributed by atoms with van der Waals surface area (Å²) in [7, 11) is 1.64. The van der Waals surface area contributed by atoms with Gasteiger partial charge in [-0.25, -0.2) is 4.98 Å². The van der Waals surface area contributed by atoms with Crippen LogP contribution in [-0.2, 0) is 6.42 Å². The number of fused-ring (bicyclic) bond motifs is 1. The fourth-order valence-corrected chi connectivity index (χ4v) is 4.10. The first-order chi connectivity index (χ1) is 14.7. The molecule has 0 bridgehead atoms. The van der Waals surface area contributed by atoms with Gasteiger partial charge in [-0.15, -0.1) is 0 Å². The molecule has 2 N–H and O–H groups in total. The Balaban J connectivity index is 1.76. The topological polar surface area (TPSA) is 76.1 Å². The minimum absolute atomic E-state index is 0.0779. The highest BCUT2D eigenvalue weighted by atomic mass is 16.5. The van der Waals surface area contributed by atoms with Crippen molar-refractivity contribution in [2.24, 2.45) is 5.41 Å². The maximum absolute atomic E-state index is 13.0. The number of hydrogen-bond donors (Lipinski definition) is 2. The van der Waals surface area contributed by atoms with E-state index >= 15 is 0 Å². The van der Waals surface area contributed by atoms with E-state index in [9.17, 15) is 4.79 Å². The molecule has 3 aromatic rings. The minimum Gasteiger partial charge on any atom is -0.497 e. The number of nitrogens with zero attached hydrogens (tertiary/aromatic N) is 2. The van der Waals surface area contributed by atoms with E-state index in [-0.39, 0.29) is 11.2 Å². The Morgan fingerprint density at radius 1 is 0.903 bits per heavy atom. The Morgan fingerprint density at radius 2 is 1.58 bits per heavy atom. The summed E-state index contributed by atoms with van der Waals surface area (Å²) in [5.74, 6) is 1.86. The number of nitrogens with one attached hydrogen (secondary N) is 2. The van der Waals surface area contributed by atoms with E-state index in [0.717, 1.165) is 40.4 Å². The molecule has 0 saturated carbocycles. The van der Waals surface area contributed by atoms with Crippen LogP contribution in [-0.4, -0.2) is 22.9 Å². The van der Waals surface area contributed by atoms with Crippen molar-refractivity contribution in [2.45, 2.75) is 40.5 Å². The van der Waals surface area contributed by atoms with Crippen molar-refractivity contribution in [1.29, 1.82) is 0 Å². The molecule has 0 atom stereocenters. The predicted octanol–water partition coefficient (Wildman–Crippen LogP) is 5.74. The van der Waals surface area contributed by atoms with Crippen LogP contribution in [0.15, 0.2) is 42.5 Å². The van der Waals surface area contributed by atoms with Gasteiger partial charge in [-0.2, -0.15) is 4.98 Å². The lowest BCUT2D eigenvalue weighted by molar-refractivity contribution is 0.0911. The molecular weight excluding hydrogens is 388 g/mol. The number of methoxy groups -OCH3 is 1. The van der Waals surface area contributed by atoms with Gasteiger partial charge in [0.05, 0.1) is 18.4 Å². The molecule has 31 heavy (non-hydrogen) atoms. The first-order valence-corrected chi connectivity index (χ1v) is 10.4. The SMILES string of the molecule is COc1ccc(Nc2nc3c(c(Nc4cc(C)cc(C)c4)n2)C(=O)CC(C)(C)C3)cc1. The second-order valence-corrected chi connectivity index (χ2v) is 9.01. The van der Waals surface area contributed by atoms with Gasteiger partial charge in [-0.3, -0.25) is 4.79 Å². The first kappa shape index (κ1) is 20.8. The van der Waals surface area contributed by atoms with Crippen LogP contribution in [0.2, 0.25) is 0 Å². The van der Waals surface area contributed by atoms with Gasteiger partial charge >= 0.3 is 0 Å². The van der Waals surface area contributed by atoms with Crippen molar-refractivity contribution in [2.75, 3.05) is 17.7 Å². The summed E-state index contributed by atoms with van der Waals surface area (Å²) in [6.07, 6.45) is 1.20. The Hall–Kier alpha value is -3.41. The Bertz CT molecular complexity index is 1120. The highest BCUT2D eigenvalue weighted by molar-refractivity contribution is 6.03. The molecule has 0 unspecified atom stereocenters. The van der Waals surface area contributed by atoms with Crippen molar-refractivity contribution >= 4 is 28.9 Å². The van der Waals surface area contributed by atoms with E-state index in [0.29, 0.717) is 23.8 Å². The summed E-state index contributed by atoms with van der Waals surface area (Å²) in [6, 6.07) is 13.8. The number of benzene rings is 2. The number of rotatable bonds is 5. The van der Waals surface area contributed by atoms with Gasteiger partial charge in [-0.1, -0.05) is 19.9 Å².